The number of pyridine rings is 1. The number of nitrogens with one attached hydrogen (secondary N) is 2. The predicted octanol–water partition coefficient (Wildman–Crippen LogP) is 4.94. The quantitative estimate of drug-likeness (QED) is 0.377. The number of aromatic amines is 1. The van der Waals surface area contributed by atoms with Crippen LogP contribution in [0.2, 0.25) is 0 Å². The van der Waals surface area contributed by atoms with E-state index in [4.69, 9.17) is 21.7 Å². The Labute approximate surface area is 209 Å². The molecule has 2 N–H and O–H groups in total. The second-order valence-corrected chi connectivity index (χ2v) is 9.02. The van der Waals surface area contributed by atoms with Crippen LogP contribution in [0, 0.1) is 0 Å². The number of hydrogen-bond acceptors (Lipinski definition) is 4. The molecule has 5 rings (SSSR count). The van der Waals surface area contributed by atoms with Crippen molar-refractivity contribution < 1.29 is 9.47 Å². The van der Waals surface area contributed by atoms with Crippen LogP contribution in [0.15, 0.2) is 83.7 Å². The van der Waals surface area contributed by atoms with Gasteiger partial charge in [0.15, 0.2) is 16.6 Å². The van der Waals surface area contributed by atoms with E-state index >= 15 is 0 Å². The molecule has 0 amide bonds. The summed E-state index contributed by atoms with van der Waals surface area (Å²) in [5.41, 5.74) is 3.45. The molecule has 4 aromatic rings. The summed E-state index contributed by atoms with van der Waals surface area (Å²) in [6, 6.07) is 26.0. The van der Waals surface area contributed by atoms with Gasteiger partial charge in [0, 0.05) is 23.6 Å². The maximum Gasteiger partial charge on any atom is 0.253 e. The zero-order valence-electron chi connectivity index (χ0n) is 19.5. The molecule has 7 heteroatoms. The topological polar surface area (TPSA) is 66.6 Å². The molecule has 1 aromatic heterocycles. The molecule has 1 aliphatic heterocycles. The SMILES string of the molecule is C[C@@H](NC(=S)N(Cc1ccccc1)Cc1cc2cc3c(cc2[nH]c1=O)OCCO3)c1ccccc1. The molecule has 0 radical (unpaired) electrons. The molecule has 0 spiro atoms. The highest BCUT2D eigenvalue weighted by Crippen LogP contribution is 2.33. The van der Waals surface area contributed by atoms with E-state index < -0.39 is 0 Å². The van der Waals surface area contributed by atoms with Crippen molar-refractivity contribution in [2.45, 2.75) is 26.1 Å². The van der Waals surface area contributed by atoms with Gasteiger partial charge >= 0.3 is 0 Å². The number of H-pyrrole nitrogens is 1. The van der Waals surface area contributed by atoms with Crippen LogP contribution in [0.25, 0.3) is 10.9 Å². The van der Waals surface area contributed by atoms with Crippen molar-refractivity contribution in [2.24, 2.45) is 0 Å². The summed E-state index contributed by atoms with van der Waals surface area (Å²) < 4.78 is 11.4. The fourth-order valence-electron chi connectivity index (χ4n) is 4.22. The summed E-state index contributed by atoms with van der Waals surface area (Å²) in [6.07, 6.45) is 0. The molecule has 35 heavy (non-hydrogen) atoms. The first kappa shape index (κ1) is 22.9. The molecular weight excluding hydrogens is 458 g/mol. The molecule has 1 atom stereocenters. The highest BCUT2D eigenvalue weighted by Gasteiger charge is 2.18. The highest BCUT2D eigenvalue weighted by molar-refractivity contribution is 7.80. The molecule has 0 saturated carbocycles. The Morgan fingerprint density at radius 3 is 2.34 bits per heavy atom. The Balaban J connectivity index is 1.43. The van der Waals surface area contributed by atoms with Crippen LogP contribution in [-0.4, -0.2) is 28.2 Å². The molecule has 3 aromatic carbocycles. The van der Waals surface area contributed by atoms with Gasteiger partial charge in [0.2, 0.25) is 0 Å². The Bertz CT molecular complexity index is 1390. The minimum atomic E-state index is -0.147. The van der Waals surface area contributed by atoms with Crippen molar-refractivity contribution >= 4 is 28.2 Å². The van der Waals surface area contributed by atoms with E-state index in [1.165, 1.54) is 0 Å². The van der Waals surface area contributed by atoms with E-state index in [0.29, 0.717) is 48.5 Å². The minimum absolute atomic E-state index is 0.0283. The second kappa shape index (κ2) is 10.2. The summed E-state index contributed by atoms with van der Waals surface area (Å²) in [4.78, 5) is 18.1. The summed E-state index contributed by atoms with van der Waals surface area (Å²) in [5, 5.41) is 4.92. The number of benzene rings is 3. The molecule has 1 aliphatic rings. The lowest BCUT2D eigenvalue weighted by Crippen LogP contribution is -2.41. The number of rotatable bonds is 6. The fraction of sp³-hybridized carbons (Fsp3) is 0.214. The van der Waals surface area contributed by atoms with Crippen LogP contribution in [0.3, 0.4) is 0 Å². The molecule has 0 fully saturated rings. The predicted molar refractivity (Wildman–Crippen MR) is 142 cm³/mol. The molecule has 6 nitrogen and oxygen atoms in total. The third-order valence-electron chi connectivity index (χ3n) is 6.09. The van der Waals surface area contributed by atoms with Gasteiger partial charge in [0.05, 0.1) is 18.1 Å². The number of nitrogens with zero attached hydrogens (tertiary/aromatic N) is 1. The van der Waals surface area contributed by atoms with Crippen LogP contribution in [0.5, 0.6) is 11.5 Å². The Morgan fingerprint density at radius 1 is 0.971 bits per heavy atom. The Kier molecular flexibility index (Phi) is 6.68. The van der Waals surface area contributed by atoms with Gasteiger partial charge in [-0.25, -0.2) is 0 Å². The number of aromatic nitrogens is 1. The van der Waals surface area contributed by atoms with Crippen molar-refractivity contribution in [1.29, 1.82) is 0 Å². The third kappa shape index (κ3) is 5.30. The van der Waals surface area contributed by atoms with Crippen molar-refractivity contribution in [2.75, 3.05) is 13.2 Å². The summed E-state index contributed by atoms with van der Waals surface area (Å²) in [5.74, 6) is 1.34. The largest absolute Gasteiger partial charge is 0.486 e. The van der Waals surface area contributed by atoms with Gasteiger partial charge in [-0.1, -0.05) is 60.7 Å². The lowest BCUT2D eigenvalue weighted by molar-refractivity contribution is 0.172. The average molecular weight is 486 g/mol. The summed E-state index contributed by atoms with van der Waals surface area (Å²) in [6.45, 7) is 4.03. The summed E-state index contributed by atoms with van der Waals surface area (Å²) >= 11 is 5.84. The Morgan fingerprint density at radius 2 is 1.63 bits per heavy atom. The van der Waals surface area contributed by atoms with Gasteiger partial charge in [0.25, 0.3) is 5.56 Å². The van der Waals surface area contributed by atoms with Gasteiger partial charge in [0.1, 0.15) is 13.2 Å². The van der Waals surface area contributed by atoms with Crippen molar-refractivity contribution in [3.8, 4) is 11.5 Å². The number of fused-ring (bicyclic) bond motifs is 2. The maximum atomic E-state index is 13.0. The van der Waals surface area contributed by atoms with E-state index in [1.807, 2.05) is 59.5 Å². The van der Waals surface area contributed by atoms with Gasteiger partial charge in [-0.15, -0.1) is 0 Å². The van der Waals surface area contributed by atoms with Crippen LogP contribution >= 0.6 is 12.2 Å². The van der Waals surface area contributed by atoms with Crippen LogP contribution in [0.4, 0.5) is 0 Å². The maximum absolute atomic E-state index is 13.0. The van der Waals surface area contributed by atoms with Crippen molar-refractivity contribution in [1.82, 2.24) is 15.2 Å². The minimum Gasteiger partial charge on any atom is -0.486 e. The van der Waals surface area contributed by atoms with Crippen molar-refractivity contribution in [3.63, 3.8) is 0 Å². The number of hydrogen-bond donors (Lipinski definition) is 2. The first-order valence-electron chi connectivity index (χ1n) is 11.7. The zero-order chi connectivity index (χ0) is 24.2. The first-order valence-corrected chi connectivity index (χ1v) is 12.1. The summed E-state index contributed by atoms with van der Waals surface area (Å²) in [7, 11) is 0. The fourth-order valence-corrected chi connectivity index (χ4v) is 4.52. The van der Waals surface area contributed by atoms with E-state index in [-0.39, 0.29) is 11.6 Å². The molecule has 178 valence electrons. The monoisotopic (exact) mass is 485 g/mol. The molecule has 0 unspecified atom stereocenters. The van der Waals surface area contributed by atoms with Crippen LogP contribution in [0.1, 0.15) is 29.7 Å². The average Bonchev–Trinajstić information content (AvgIpc) is 2.88. The third-order valence-corrected chi connectivity index (χ3v) is 6.46. The molecule has 0 aliphatic carbocycles. The number of thiocarbonyl (C=S) groups is 1. The lowest BCUT2D eigenvalue weighted by atomic mass is 10.1. The van der Waals surface area contributed by atoms with Crippen molar-refractivity contribution in [3.05, 3.63) is 106 Å². The van der Waals surface area contributed by atoms with Crippen LogP contribution in [-0.2, 0) is 13.1 Å². The lowest BCUT2D eigenvalue weighted by Gasteiger charge is -2.28. The molecule has 0 saturated heterocycles. The van der Waals surface area contributed by atoms with E-state index in [0.717, 1.165) is 22.0 Å². The first-order chi connectivity index (χ1) is 17.1. The molecule has 2 heterocycles. The van der Waals surface area contributed by atoms with E-state index in [2.05, 4.69) is 41.5 Å². The highest BCUT2D eigenvalue weighted by atomic mass is 32.1. The van der Waals surface area contributed by atoms with Gasteiger partial charge in [-0.3, -0.25) is 4.79 Å². The van der Waals surface area contributed by atoms with Gasteiger partial charge in [-0.05, 0) is 42.4 Å². The van der Waals surface area contributed by atoms with E-state index in [1.54, 1.807) is 0 Å². The standard InChI is InChI=1S/C28H27N3O3S/c1-19(21-10-6-3-7-11-21)29-28(35)31(17-20-8-4-2-5-9-20)18-23-14-22-15-25-26(34-13-12-33-25)16-24(22)30-27(23)32/h2-11,14-16,19H,12-13,17-18H2,1H3,(H,29,35)(H,30,32)/t19-/m1/s1. The Hall–Kier alpha value is -3.84. The molecule has 0 bridgehead atoms. The number of ether oxygens (including phenoxy) is 2. The van der Waals surface area contributed by atoms with Crippen LogP contribution < -0.4 is 20.3 Å². The van der Waals surface area contributed by atoms with Gasteiger partial charge < -0.3 is 24.7 Å². The smallest absolute Gasteiger partial charge is 0.253 e. The normalized spacial score (nSPS) is 13.3. The zero-order valence-corrected chi connectivity index (χ0v) is 20.3. The molecular formula is C28H27N3O3S. The second-order valence-electron chi connectivity index (χ2n) is 8.63. The van der Waals surface area contributed by atoms with Gasteiger partial charge in [-0.2, -0.15) is 0 Å². The van der Waals surface area contributed by atoms with E-state index in [9.17, 15) is 4.79 Å².